The Bertz CT molecular complexity index is 1020. The summed E-state index contributed by atoms with van der Waals surface area (Å²) < 4.78 is 29.1. The standard InChI is InChI=1S/C25H31ClFN3O5/c1-33-22-13-20(28)19(26)12-18(22)25(32)29-21-9-11-30(14-23(21)34-2)10-3-4-24(31)35-15-16-5-7-17(27)8-6-16/h5-8,12-13,21,23H,3-4,9-11,14-15,28H2,1-2H3,(H,29,32). The molecule has 2 atom stereocenters. The minimum absolute atomic E-state index is 0.125. The van der Waals surface area contributed by atoms with Crippen LogP contribution < -0.4 is 15.8 Å². The second-order valence-corrected chi connectivity index (χ2v) is 8.82. The molecule has 8 nitrogen and oxygen atoms in total. The van der Waals surface area contributed by atoms with Gasteiger partial charge in [0.1, 0.15) is 18.2 Å². The van der Waals surface area contributed by atoms with Crippen molar-refractivity contribution >= 4 is 29.2 Å². The number of nitrogen functional groups attached to an aromatic ring is 1. The maximum Gasteiger partial charge on any atom is 0.306 e. The van der Waals surface area contributed by atoms with Crippen LogP contribution in [-0.4, -0.2) is 62.8 Å². The lowest BCUT2D eigenvalue weighted by Crippen LogP contribution is -2.54. The van der Waals surface area contributed by atoms with Crippen LogP contribution in [0.2, 0.25) is 5.02 Å². The average Bonchev–Trinajstić information content (AvgIpc) is 2.85. The van der Waals surface area contributed by atoms with E-state index < -0.39 is 0 Å². The van der Waals surface area contributed by atoms with Gasteiger partial charge in [0, 0.05) is 32.7 Å². The summed E-state index contributed by atoms with van der Waals surface area (Å²) in [5.41, 5.74) is 7.19. The van der Waals surface area contributed by atoms with Crippen LogP contribution in [0.3, 0.4) is 0 Å². The van der Waals surface area contributed by atoms with Crippen molar-refractivity contribution in [3.63, 3.8) is 0 Å². The van der Waals surface area contributed by atoms with Gasteiger partial charge in [-0.3, -0.25) is 9.59 Å². The first-order valence-corrected chi connectivity index (χ1v) is 11.8. The first-order valence-electron chi connectivity index (χ1n) is 11.4. The number of piperidine rings is 1. The van der Waals surface area contributed by atoms with Crippen molar-refractivity contribution < 1.29 is 28.2 Å². The molecule has 2 aromatic rings. The third kappa shape index (κ3) is 7.55. The van der Waals surface area contributed by atoms with E-state index >= 15 is 0 Å². The van der Waals surface area contributed by atoms with E-state index in [-0.39, 0.29) is 47.9 Å². The highest BCUT2D eigenvalue weighted by molar-refractivity contribution is 6.33. The predicted molar refractivity (Wildman–Crippen MR) is 131 cm³/mol. The van der Waals surface area contributed by atoms with Crippen LogP contribution in [-0.2, 0) is 20.9 Å². The number of nitrogens with one attached hydrogen (secondary N) is 1. The van der Waals surface area contributed by atoms with Gasteiger partial charge in [0.25, 0.3) is 5.91 Å². The molecule has 2 aromatic carbocycles. The highest BCUT2D eigenvalue weighted by Gasteiger charge is 2.31. The smallest absolute Gasteiger partial charge is 0.306 e. The van der Waals surface area contributed by atoms with Crippen molar-refractivity contribution in [2.75, 3.05) is 39.6 Å². The molecule has 0 bridgehead atoms. The monoisotopic (exact) mass is 507 g/mol. The molecule has 190 valence electrons. The Hall–Kier alpha value is -2.88. The van der Waals surface area contributed by atoms with Gasteiger partial charge in [-0.05, 0) is 43.1 Å². The lowest BCUT2D eigenvalue weighted by Gasteiger charge is -2.38. The molecule has 0 spiro atoms. The minimum atomic E-state index is -0.327. The van der Waals surface area contributed by atoms with E-state index in [1.165, 1.54) is 31.4 Å². The van der Waals surface area contributed by atoms with Gasteiger partial charge in [-0.25, -0.2) is 4.39 Å². The summed E-state index contributed by atoms with van der Waals surface area (Å²) in [6.45, 7) is 2.19. The predicted octanol–water partition coefficient (Wildman–Crippen LogP) is 3.41. The van der Waals surface area contributed by atoms with Gasteiger partial charge in [0.2, 0.25) is 0 Å². The molecular formula is C25H31ClFN3O5. The number of anilines is 1. The van der Waals surface area contributed by atoms with Gasteiger partial charge in [-0.2, -0.15) is 0 Å². The van der Waals surface area contributed by atoms with Gasteiger partial charge in [-0.1, -0.05) is 23.7 Å². The molecule has 3 N–H and O–H groups in total. The highest BCUT2D eigenvalue weighted by atomic mass is 35.5. The van der Waals surface area contributed by atoms with Gasteiger partial charge < -0.3 is 30.2 Å². The SMILES string of the molecule is COc1cc(N)c(Cl)cc1C(=O)NC1CCN(CCCC(=O)OCc2ccc(F)cc2)CC1OC. The number of nitrogens with two attached hydrogens (primary N) is 1. The topological polar surface area (TPSA) is 103 Å². The normalized spacial score (nSPS) is 18.2. The van der Waals surface area contributed by atoms with Crippen LogP contribution in [0.4, 0.5) is 10.1 Å². The van der Waals surface area contributed by atoms with Gasteiger partial charge in [0.05, 0.1) is 35.5 Å². The molecular weight excluding hydrogens is 477 g/mol. The fraction of sp³-hybridized carbons (Fsp3) is 0.440. The molecule has 2 unspecified atom stereocenters. The molecule has 1 saturated heterocycles. The maximum absolute atomic E-state index is 12.9. The van der Waals surface area contributed by atoms with E-state index in [1.54, 1.807) is 19.2 Å². The van der Waals surface area contributed by atoms with Crippen LogP contribution in [0.25, 0.3) is 0 Å². The van der Waals surface area contributed by atoms with Crippen LogP contribution in [0.1, 0.15) is 35.2 Å². The molecule has 0 aromatic heterocycles. The minimum Gasteiger partial charge on any atom is -0.496 e. The van der Waals surface area contributed by atoms with E-state index in [9.17, 15) is 14.0 Å². The number of likely N-dealkylation sites (tertiary alicyclic amines) is 1. The molecule has 1 fully saturated rings. The van der Waals surface area contributed by atoms with Crippen molar-refractivity contribution in [1.29, 1.82) is 0 Å². The lowest BCUT2D eigenvalue weighted by molar-refractivity contribution is -0.145. The number of rotatable bonds is 10. The molecule has 1 aliphatic heterocycles. The largest absolute Gasteiger partial charge is 0.496 e. The van der Waals surface area contributed by atoms with E-state index in [1.807, 2.05) is 0 Å². The molecule has 10 heteroatoms. The number of esters is 1. The zero-order chi connectivity index (χ0) is 25.4. The summed E-state index contributed by atoms with van der Waals surface area (Å²) in [7, 11) is 3.08. The number of carbonyl (C=O) groups is 2. The summed E-state index contributed by atoms with van der Waals surface area (Å²) in [6.07, 6.45) is 1.39. The van der Waals surface area contributed by atoms with E-state index in [0.29, 0.717) is 42.9 Å². The second kappa shape index (κ2) is 12.7. The van der Waals surface area contributed by atoms with Crippen LogP contribution in [0.5, 0.6) is 5.75 Å². The Morgan fingerprint density at radius 2 is 1.97 bits per heavy atom. The fourth-order valence-corrected chi connectivity index (χ4v) is 4.18. The van der Waals surface area contributed by atoms with E-state index in [2.05, 4.69) is 10.2 Å². The van der Waals surface area contributed by atoms with E-state index in [0.717, 1.165) is 12.1 Å². The Morgan fingerprint density at radius 1 is 1.23 bits per heavy atom. The Balaban J connectivity index is 1.44. The Kier molecular flexibility index (Phi) is 9.71. The zero-order valence-corrected chi connectivity index (χ0v) is 20.6. The van der Waals surface area contributed by atoms with Crippen LogP contribution in [0, 0.1) is 5.82 Å². The first kappa shape index (κ1) is 26.7. The molecule has 0 saturated carbocycles. The quantitative estimate of drug-likeness (QED) is 0.375. The molecule has 35 heavy (non-hydrogen) atoms. The molecule has 1 amide bonds. The number of amides is 1. The fourth-order valence-electron chi connectivity index (χ4n) is 4.01. The summed E-state index contributed by atoms with van der Waals surface area (Å²) >= 11 is 6.09. The molecule has 3 rings (SSSR count). The number of carbonyl (C=O) groups excluding carboxylic acids is 2. The van der Waals surface area contributed by atoms with Crippen molar-refractivity contribution in [2.24, 2.45) is 0 Å². The Labute approximate surface area is 209 Å². The number of hydrogen-bond acceptors (Lipinski definition) is 7. The number of nitrogens with zero attached hydrogens (tertiary/aromatic N) is 1. The van der Waals surface area contributed by atoms with Gasteiger partial charge >= 0.3 is 5.97 Å². The average molecular weight is 508 g/mol. The van der Waals surface area contributed by atoms with Crippen molar-refractivity contribution in [2.45, 2.75) is 38.0 Å². The second-order valence-electron chi connectivity index (χ2n) is 8.41. The summed E-state index contributed by atoms with van der Waals surface area (Å²) in [6, 6.07) is 8.69. The molecule has 1 aliphatic rings. The van der Waals surface area contributed by atoms with Crippen molar-refractivity contribution in [3.8, 4) is 5.75 Å². The van der Waals surface area contributed by atoms with Gasteiger partial charge in [-0.15, -0.1) is 0 Å². The number of methoxy groups -OCH3 is 2. The highest BCUT2D eigenvalue weighted by Crippen LogP contribution is 2.29. The zero-order valence-electron chi connectivity index (χ0n) is 19.9. The third-order valence-corrected chi connectivity index (χ3v) is 6.32. The van der Waals surface area contributed by atoms with Crippen molar-refractivity contribution in [3.05, 3.63) is 58.4 Å². The number of ether oxygens (including phenoxy) is 3. The van der Waals surface area contributed by atoms with Crippen LogP contribution >= 0.6 is 11.6 Å². The number of hydrogen-bond donors (Lipinski definition) is 2. The summed E-state index contributed by atoms with van der Waals surface area (Å²) in [4.78, 5) is 27.1. The molecule has 1 heterocycles. The van der Waals surface area contributed by atoms with E-state index in [4.69, 9.17) is 31.5 Å². The Morgan fingerprint density at radius 3 is 2.66 bits per heavy atom. The van der Waals surface area contributed by atoms with Gasteiger partial charge in [0.15, 0.2) is 0 Å². The number of benzene rings is 2. The molecule has 0 radical (unpaired) electrons. The first-order chi connectivity index (χ1) is 16.8. The summed E-state index contributed by atoms with van der Waals surface area (Å²) in [5, 5.41) is 3.30. The maximum atomic E-state index is 12.9. The number of halogens is 2. The lowest BCUT2D eigenvalue weighted by atomic mass is 10.0. The third-order valence-electron chi connectivity index (χ3n) is 5.99. The van der Waals surface area contributed by atoms with Crippen LogP contribution in [0.15, 0.2) is 36.4 Å². The summed E-state index contributed by atoms with van der Waals surface area (Å²) in [5.74, 6) is -0.585. The molecule has 0 aliphatic carbocycles. The van der Waals surface area contributed by atoms with Crippen molar-refractivity contribution in [1.82, 2.24) is 10.2 Å².